The highest BCUT2D eigenvalue weighted by atomic mass is 16.6. The van der Waals surface area contributed by atoms with Crippen molar-refractivity contribution >= 4 is 12.0 Å². The zero-order valence-electron chi connectivity index (χ0n) is 16.4. The number of hydrogen-bond acceptors (Lipinski definition) is 5. The molecule has 0 bridgehead atoms. The smallest absolute Gasteiger partial charge is 0.410 e. The molecule has 2 amide bonds. The topological polar surface area (TPSA) is 106 Å². The Labute approximate surface area is 156 Å². The lowest BCUT2D eigenvalue weighted by Gasteiger charge is -2.30. The predicted molar refractivity (Wildman–Crippen MR) is 99.3 cm³/mol. The zero-order chi connectivity index (χ0) is 20.2. The second-order valence-electron chi connectivity index (χ2n) is 6.82. The third-order valence-corrected chi connectivity index (χ3v) is 3.60. The number of carbonyl (C=O) groups is 2. The molecular formula is C19H30N4O3. The van der Waals surface area contributed by atoms with E-state index in [1.807, 2.05) is 45.9 Å². The van der Waals surface area contributed by atoms with Crippen molar-refractivity contribution in [2.45, 2.75) is 59.1 Å². The molecule has 0 radical (unpaired) electrons. The highest BCUT2D eigenvalue weighted by Gasteiger charge is 2.28. The number of rotatable bonds is 7. The maximum absolute atomic E-state index is 12.3. The van der Waals surface area contributed by atoms with Crippen molar-refractivity contribution in [1.82, 2.24) is 10.2 Å². The number of benzene rings is 1. The van der Waals surface area contributed by atoms with Crippen molar-refractivity contribution in [2.24, 2.45) is 0 Å². The van der Waals surface area contributed by atoms with Crippen LogP contribution in [0.2, 0.25) is 0 Å². The molecular weight excluding hydrogens is 332 g/mol. The van der Waals surface area contributed by atoms with Crippen molar-refractivity contribution in [3.63, 3.8) is 0 Å². The zero-order valence-corrected chi connectivity index (χ0v) is 16.4. The Kier molecular flexibility index (Phi) is 10.7. The van der Waals surface area contributed by atoms with Gasteiger partial charge < -0.3 is 10.1 Å². The first-order valence-corrected chi connectivity index (χ1v) is 8.76. The fraction of sp³-hybridized carbons (Fsp3) is 0.579. The van der Waals surface area contributed by atoms with E-state index in [1.54, 1.807) is 6.92 Å². The molecule has 1 aromatic carbocycles. The van der Waals surface area contributed by atoms with Gasteiger partial charge in [-0.1, -0.05) is 30.3 Å². The third-order valence-electron chi connectivity index (χ3n) is 3.60. The van der Waals surface area contributed by atoms with Crippen LogP contribution in [0.5, 0.6) is 0 Å². The fourth-order valence-corrected chi connectivity index (χ4v) is 2.32. The number of aryl methyl sites for hydroxylation is 1. The summed E-state index contributed by atoms with van der Waals surface area (Å²) in [5, 5.41) is 14.9. The van der Waals surface area contributed by atoms with Crippen LogP contribution in [0.1, 0.15) is 46.6 Å². The third kappa shape index (κ3) is 9.02. The van der Waals surface area contributed by atoms with E-state index in [1.165, 1.54) is 10.5 Å². The average molecular weight is 362 g/mol. The van der Waals surface area contributed by atoms with E-state index >= 15 is 0 Å². The molecule has 1 aromatic rings. The highest BCUT2D eigenvalue weighted by molar-refractivity contribution is 5.85. The van der Waals surface area contributed by atoms with Gasteiger partial charge in [0.05, 0.1) is 0 Å². The fourth-order valence-electron chi connectivity index (χ4n) is 2.32. The molecule has 0 saturated heterocycles. The van der Waals surface area contributed by atoms with Crippen molar-refractivity contribution in [1.29, 1.82) is 10.8 Å². The highest BCUT2D eigenvalue weighted by Crippen LogP contribution is 2.12. The summed E-state index contributed by atoms with van der Waals surface area (Å²) in [6.45, 7) is 10.0. The summed E-state index contributed by atoms with van der Waals surface area (Å²) in [5.41, 5.74) is 0.680. The molecule has 0 fully saturated rings. The first kappa shape index (κ1) is 23.4. The molecule has 0 heterocycles. The summed E-state index contributed by atoms with van der Waals surface area (Å²) in [4.78, 5) is 25.9. The molecule has 144 valence electrons. The van der Waals surface area contributed by atoms with Crippen LogP contribution >= 0.6 is 0 Å². The van der Waals surface area contributed by atoms with Crippen LogP contribution in [0, 0.1) is 10.8 Å². The van der Waals surface area contributed by atoms with Crippen LogP contribution in [-0.4, -0.2) is 41.6 Å². The maximum atomic E-state index is 12.3. The van der Waals surface area contributed by atoms with Gasteiger partial charge in [0.25, 0.3) is 0 Å². The summed E-state index contributed by atoms with van der Waals surface area (Å²) in [7, 11) is 0. The summed E-state index contributed by atoms with van der Waals surface area (Å²) in [6.07, 6.45) is 1.32. The minimum Gasteiger partial charge on any atom is -0.444 e. The Morgan fingerprint density at radius 3 is 2.27 bits per heavy atom. The van der Waals surface area contributed by atoms with Gasteiger partial charge in [0.2, 0.25) is 5.91 Å². The molecule has 0 aliphatic heterocycles. The van der Waals surface area contributed by atoms with Crippen LogP contribution in [0.3, 0.4) is 0 Å². The molecule has 0 spiro atoms. The molecule has 0 aliphatic carbocycles. The maximum Gasteiger partial charge on any atom is 0.410 e. The first-order chi connectivity index (χ1) is 12.2. The first-order valence-electron chi connectivity index (χ1n) is 8.76. The molecule has 0 unspecified atom stereocenters. The summed E-state index contributed by atoms with van der Waals surface area (Å²) >= 11 is 0. The largest absolute Gasteiger partial charge is 0.444 e. The summed E-state index contributed by atoms with van der Waals surface area (Å²) in [5.74, 6) is -0.157. The Bertz CT molecular complexity index is 567. The van der Waals surface area contributed by atoms with Crippen molar-refractivity contribution < 1.29 is 14.3 Å². The lowest BCUT2D eigenvalue weighted by Crippen LogP contribution is -2.49. The summed E-state index contributed by atoms with van der Waals surface area (Å²) < 4.78 is 5.35. The number of amides is 2. The van der Waals surface area contributed by atoms with Gasteiger partial charge in [-0.05, 0) is 53.0 Å². The second-order valence-corrected chi connectivity index (χ2v) is 6.82. The van der Waals surface area contributed by atoms with E-state index in [4.69, 9.17) is 15.5 Å². The minimum absolute atomic E-state index is 0.157. The Morgan fingerprint density at radius 2 is 1.77 bits per heavy atom. The molecule has 26 heavy (non-hydrogen) atoms. The molecule has 7 nitrogen and oxygen atoms in total. The van der Waals surface area contributed by atoms with Gasteiger partial charge in [-0.3, -0.25) is 9.69 Å². The standard InChI is InChI=1S/C19H30N2O3.N2/c1-6-21(18(23)24-19(3,4)5)15(2)17(22)20-14-10-13-16-11-8-7-9-12-16;1-2/h7-9,11-12,15H,6,10,13-14H2,1-5H3,(H,20,22);/t15-;/m1./s1. The van der Waals surface area contributed by atoms with E-state index < -0.39 is 17.7 Å². The van der Waals surface area contributed by atoms with Crippen LogP contribution in [-0.2, 0) is 16.0 Å². The lowest BCUT2D eigenvalue weighted by atomic mass is 10.1. The normalized spacial score (nSPS) is 11.5. The van der Waals surface area contributed by atoms with Crippen molar-refractivity contribution in [3.8, 4) is 0 Å². The predicted octanol–water partition coefficient (Wildman–Crippen LogP) is 3.41. The van der Waals surface area contributed by atoms with Crippen LogP contribution in [0.25, 0.3) is 0 Å². The molecule has 0 aromatic heterocycles. The minimum atomic E-state index is -0.573. The number of hydrogen-bond donors (Lipinski definition) is 1. The number of ether oxygens (including phenoxy) is 1. The second kappa shape index (κ2) is 11.9. The van der Waals surface area contributed by atoms with E-state index in [9.17, 15) is 9.59 Å². The quantitative estimate of drug-likeness (QED) is 0.591. The monoisotopic (exact) mass is 362 g/mol. The Hall–Kier alpha value is -2.62. The molecule has 1 N–H and O–H groups in total. The molecule has 0 aliphatic rings. The number of likely N-dealkylation sites (N-methyl/N-ethyl adjacent to an activating group) is 1. The van der Waals surface area contributed by atoms with Gasteiger partial charge in [-0.15, -0.1) is 0 Å². The van der Waals surface area contributed by atoms with Crippen LogP contribution < -0.4 is 5.32 Å². The molecule has 1 atom stereocenters. The molecule has 7 heteroatoms. The van der Waals surface area contributed by atoms with Crippen molar-refractivity contribution in [3.05, 3.63) is 35.9 Å². The lowest BCUT2D eigenvalue weighted by molar-refractivity contribution is -0.125. The van der Waals surface area contributed by atoms with Gasteiger partial charge in [0.1, 0.15) is 11.6 Å². The van der Waals surface area contributed by atoms with E-state index in [2.05, 4.69) is 17.4 Å². The van der Waals surface area contributed by atoms with Gasteiger partial charge in [-0.25, -0.2) is 4.79 Å². The number of carbonyl (C=O) groups excluding carboxylic acids is 2. The van der Waals surface area contributed by atoms with Gasteiger partial charge in [-0.2, -0.15) is 0 Å². The van der Waals surface area contributed by atoms with Gasteiger partial charge in [0, 0.05) is 23.9 Å². The Morgan fingerprint density at radius 1 is 1.19 bits per heavy atom. The van der Waals surface area contributed by atoms with Crippen LogP contribution in [0.4, 0.5) is 4.79 Å². The van der Waals surface area contributed by atoms with Crippen LogP contribution in [0.15, 0.2) is 30.3 Å². The average Bonchev–Trinajstić information content (AvgIpc) is 2.60. The molecule has 0 saturated carbocycles. The van der Waals surface area contributed by atoms with E-state index in [0.717, 1.165) is 12.8 Å². The van der Waals surface area contributed by atoms with Gasteiger partial charge in [0.15, 0.2) is 0 Å². The molecule has 1 rings (SSSR count). The number of nitrogens with zero attached hydrogens (tertiary/aromatic N) is 3. The van der Waals surface area contributed by atoms with Gasteiger partial charge >= 0.3 is 6.09 Å². The number of nitrogens with one attached hydrogen (secondary N) is 1. The SMILES string of the molecule is CCN(C(=O)OC(C)(C)C)[C@H](C)C(=O)NCCCc1ccccc1.N#N. The van der Waals surface area contributed by atoms with E-state index in [0.29, 0.717) is 13.1 Å². The summed E-state index contributed by atoms with van der Waals surface area (Å²) in [6, 6.07) is 9.61. The Balaban J connectivity index is 0.00000301. The van der Waals surface area contributed by atoms with E-state index in [-0.39, 0.29) is 5.91 Å². The van der Waals surface area contributed by atoms with Crippen molar-refractivity contribution in [2.75, 3.05) is 13.1 Å².